The van der Waals surface area contributed by atoms with Crippen molar-refractivity contribution in [1.82, 2.24) is 0 Å². The molecule has 0 bridgehead atoms. The van der Waals surface area contributed by atoms with Gasteiger partial charge < -0.3 is 0 Å². The molecule has 2 aromatic rings. The molecule has 0 heterocycles. The van der Waals surface area contributed by atoms with Crippen molar-refractivity contribution >= 4 is 0 Å². The van der Waals surface area contributed by atoms with Crippen molar-refractivity contribution in [2.45, 2.75) is 33.1 Å². The second-order valence-electron chi connectivity index (χ2n) is 6.22. The van der Waals surface area contributed by atoms with Crippen LogP contribution in [0.4, 0.5) is 8.78 Å². The van der Waals surface area contributed by atoms with Gasteiger partial charge >= 0.3 is 0 Å². The van der Waals surface area contributed by atoms with Crippen LogP contribution in [0.5, 0.6) is 0 Å². The van der Waals surface area contributed by atoms with E-state index in [2.05, 4.69) is 11.8 Å². The maximum atomic E-state index is 14.1. The van der Waals surface area contributed by atoms with Crippen LogP contribution in [0.1, 0.15) is 47.1 Å². The molecule has 2 atom stereocenters. The Bertz CT molecular complexity index is 770. The predicted molar refractivity (Wildman–Crippen MR) is 84.8 cm³/mol. The molecule has 0 aromatic heterocycles. The van der Waals surface area contributed by atoms with Gasteiger partial charge in [0.2, 0.25) is 0 Å². The number of hydrogen-bond acceptors (Lipinski definition) is 0. The molecule has 112 valence electrons. The summed E-state index contributed by atoms with van der Waals surface area (Å²) in [7, 11) is 0. The summed E-state index contributed by atoms with van der Waals surface area (Å²) in [6, 6.07) is 8.59. The zero-order valence-corrected chi connectivity index (χ0v) is 13.0. The van der Waals surface area contributed by atoms with E-state index in [0.29, 0.717) is 11.5 Å². The van der Waals surface area contributed by atoms with Gasteiger partial charge in [0.15, 0.2) is 0 Å². The van der Waals surface area contributed by atoms with Gasteiger partial charge in [0.1, 0.15) is 11.6 Å². The standard InChI is InChI=1S/C20H18F2/c1-12-4-5-15(8-13(12)2)6-7-16-10-18(21)20(19(22)11-16)17-9-14(17)3/h4-5,8,10-11,14,17H,9H2,1-3H3. The van der Waals surface area contributed by atoms with Crippen molar-refractivity contribution in [1.29, 1.82) is 0 Å². The first-order valence-corrected chi connectivity index (χ1v) is 7.54. The summed E-state index contributed by atoms with van der Waals surface area (Å²) in [5.74, 6) is 5.28. The normalized spacial score (nSPS) is 19.5. The molecule has 3 rings (SSSR count). The third-order valence-corrected chi connectivity index (χ3v) is 4.42. The van der Waals surface area contributed by atoms with E-state index in [9.17, 15) is 8.78 Å². The van der Waals surface area contributed by atoms with E-state index in [4.69, 9.17) is 0 Å². The molecule has 1 saturated carbocycles. The smallest absolute Gasteiger partial charge is 0.130 e. The van der Waals surface area contributed by atoms with Crippen LogP contribution in [0.15, 0.2) is 30.3 Å². The van der Waals surface area contributed by atoms with Gasteiger partial charge in [-0.2, -0.15) is 0 Å². The Kier molecular flexibility index (Phi) is 3.74. The number of hydrogen-bond donors (Lipinski definition) is 0. The Morgan fingerprint density at radius 3 is 2.05 bits per heavy atom. The number of aryl methyl sites for hydroxylation is 2. The zero-order valence-electron chi connectivity index (χ0n) is 13.0. The molecule has 2 aromatic carbocycles. The minimum absolute atomic E-state index is 0.0294. The SMILES string of the molecule is Cc1ccc(C#Cc2cc(F)c(C3CC3C)c(F)c2)cc1C. The highest BCUT2D eigenvalue weighted by atomic mass is 19.1. The van der Waals surface area contributed by atoms with E-state index in [0.717, 1.165) is 17.5 Å². The Hall–Kier alpha value is -2.14. The lowest BCUT2D eigenvalue weighted by Gasteiger charge is -2.04. The molecule has 0 spiro atoms. The first-order chi connectivity index (χ1) is 10.5. The van der Waals surface area contributed by atoms with Crippen molar-refractivity contribution in [2.75, 3.05) is 0 Å². The average molecular weight is 296 g/mol. The lowest BCUT2D eigenvalue weighted by Crippen LogP contribution is -1.96. The fourth-order valence-corrected chi connectivity index (χ4v) is 2.70. The molecule has 0 amide bonds. The van der Waals surface area contributed by atoms with Crippen LogP contribution >= 0.6 is 0 Å². The Morgan fingerprint density at radius 1 is 0.909 bits per heavy atom. The van der Waals surface area contributed by atoms with Gasteiger partial charge in [-0.3, -0.25) is 0 Å². The van der Waals surface area contributed by atoms with Crippen LogP contribution in [0.25, 0.3) is 0 Å². The Morgan fingerprint density at radius 2 is 1.50 bits per heavy atom. The summed E-state index contributed by atoms with van der Waals surface area (Å²) in [4.78, 5) is 0. The van der Waals surface area contributed by atoms with Crippen molar-refractivity contribution < 1.29 is 8.78 Å². The molecule has 2 unspecified atom stereocenters. The largest absolute Gasteiger partial charge is 0.207 e. The highest BCUT2D eigenvalue weighted by molar-refractivity contribution is 5.47. The molecule has 1 aliphatic carbocycles. The number of halogens is 2. The van der Waals surface area contributed by atoms with Crippen molar-refractivity contribution in [2.24, 2.45) is 5.92 Å². The zero-order chi connectivity index (χ0) is 15.9. The summed E-state index contributed by atoms with van der Waals surface area (Å²) in [5, 5.41) is 0. The van der Waals surface area contributed by atoms with E-state index < -0.39 is 11.6 Å². The lowest BCUT2D eigenvalue weighted by molar-refractivity contribution is 0.552. The highest BCUT2D eigenvalue weighted by Crippen LogP contribution is 2.48. The molecule has 0 radical (unpaired) electrons. The van der Waals surface area contributed by atoms with Crippen LogP contribution in [-0.2, 0) is 0 Å². The topological polar surface area (TPSA) is 0 Å². The van der Waals surface area contributed by atoms with Gasteiger partial charge in [-0.1, -0.05) is 24.8 Å². The lowest BCUT2D eigenvalue weighted by atomic mass is 10.0. The Balaban J connectivity index is 1.90. The summed E-state index contributed by atoms with van der Waals surface area (Å²) in [5.41, 5.74) is 3.81. The number of rotatable bonds is 1. The maximum absolute atomic E-state index is 14.1. The summed E-state index contributed by atoms with van der Waals surface area (Å²) < 4.78 is 28.2. The second-order valence-corrected chi connectivity index (χ2v) is 6.22. The minimum Gasteiger partial charge on any atom is -0.207 e. The van der Waals surface area contributed by atoms with Gasteiger partial charge in [0.05, 0.1) is 0 Å². The summed E-state index contributed by atoms with van der Waals surface area (Å²) >= 11 is 0. The third-order valence-electron chi connectivity index (χ3n) is 4.42. The quantitative estimate of drug-likeness (QED) is 0.642. The molecular weight excluding hydrogens is 278 g/mol. The second kappa shape index (κ2) is 5.57. The molecule has 0 N–H and O–H groups in total. The van der Waals surface area contributed by atoms with Gasteiger partial charge in [-0.25, -0.2) is 8.78 Å². The fourth-order valence-electron chi connectivity index (χ4n) is 2.70. The van der Waals surface area contributed by atoms with Gasteiger partial charge in [0, 0.05) is 16.7 Å². The molecule has 0 saturated heterocycles. The third kappa shape index (κ3) is 2.90. The van der Waals surface area contributed by atoms with Crippen LogP contribution in [0.2, 0.25) is 0 Å². The maximum Gasteiger partial charge on any atom is 0.130 e. The summed E-state index contributed by atoms with van der Waals surface area (Å²) in [6.07, 6.45) is 0.863. The molecule has 0 nitrogen and oxygen atoms in total. The van der Waals surface area contributed by atoms with E-state index in [1.54, 1.807) is 0 Å². The van der Waals surface area contributed by atoms with Gasteiger partial charge in [0.25, 0.3) is 0 Å². The van der Waals surface area contributed by atoms with E-state index in [1.807, 2.05) is 39.0 Å². The van der Waals surface area contributed by atoms with Crippen LogP contribution in [0, 0.1) is 43.2 Å². The van der Waals surface area contributed by atoms with E-state index in [-0.39, 0.29) is 11.5 Å². The first-order valence-electron chi connectivity index (χ1n) is 7.54. The van der Waals surface area contributed by atoms with Crippen LogP contribution in [0.3, 0.4) is 0 Å². The monoisotopic (exact) mass is 296 g/mol. The average Bonchev–Trinajstić information content (AvgIpc) is 3.16. The molecule has 1 fully saturated rings. The van der Waals surface area contributed by atoms with E-state index in [1.165, 1.54) is 17.7 Å². The Labute approximate surface area is 130 Å². The number of benzene rings is 2. The molecular formula is C20H18F2. The molecule has 2 heteroatoms. The van der Waals surface area contributed by atoms with Crippen LogP contribution in [-0.4, -0.2) is 0 Å². The first kappa shape index (κ1) is 14.8. The van der Waals surface area contributed by atoms with Gasteiger partial charge in [-0.05, 0) is 67.5 Å². The van der Waals surface area contributed by atoms with Crippen LogP contribution < -0.4 is 0 Å². The van der Waals surface area contributed by atoms with Gasteiger partial charge in [-0.15, -0.1) is 0 Å². The molecule has 1 aliphatic rings. The highest BCUT2D eigenvalue weighted by Gasteiger charge is 2.38. The van der Waals surface area contributed by atoms with Crippen molar-refractivity contribution in [3.05, 3.63) is 69.8 Å². The summed E-state index contributed by atoms with van der Waals surface area (Å²) in [6.45, 7) is 6.07. The van der Waals surface area contributed by atoms with Crippen molar-refractivity contribution in [3.63, 3.8) is 0 Å². The van der Waals surface area contributed by atoms with Crippen molar-refractivity contribution in [3.8, 4) is 11.8 Å². The molecule has 22 heavy (non-hydrogen) atoms. The predicted octanol–water partition coefficient (Wildman–Crippen LogP) is 5.10. The van der Waals surface area contributed by atoms with E-state index >= 15 is 0 Å². The minimum atomic E-state index is -0.473. The molecule has 0 aliphatic heterocycles. The fraction of sp³-hybridized carbons (Fsp3) is 0.300.